The van der Waals surface area contributed by atoms with Crippen molar-refractivity contribution >= 4 is 5.97 Å². The first-order valence-corrected chi connectivity index (χ1v) is 6.80. The summed E-state index contributed by atoms with van der Waals surface area (Å²) in [5.74, 6) is -0.869. The van der Waals surface area contributed by atoms with E-state index in [0.717, 1.165) is 12.0 Å². The highest BCUT2D eigenvalue weighted by Gasteiger charge is 2.61. The van der Waals surface area contributed by atoms with Crippen LogP contribution in [0.3, 0.4) is 0 Å². The molecule has 0 aromatic carbocycles. The van der Waals surface area contributed by atoms with Crippen molar-refractivity contribution in [1.82, 2.24) is 0 Å². The zero-order chi connectivity index (χ0) is 13.9. The molecule has 6 atom stereocenters. The summed E-state index contributed by atoms with van der Waals surface area (Å²) < 4.78 is 5.43. The van der Waals surface area contributed by atoms with Crippen LogP contribution in [0.2, 0.25) is 0 Å². The summed E-state index contributed by atoms with van der Waals surface area (Å²) in [6.07, 6.45) is 0.248. The molecule has 3 unspecified atom stereocenters. The smallest absolute Gasteiger partial charge is 0.334 e. The molecule has 0 spiro atoms. The Morgan fingerprint density at radius 1 is 1.37 bits per heavy atom. The summed E-state index contributed by atoms with van der Waals surface area (Å²) in [7, 11) is 0. The molecule has 2 N–H and O–H groups in total. The van der Waals surface area contributed by atoms with Gasteiger partial charge in [0.15, 0.2) is 0 Å². The molecule has 0 amide bonds. The number of aliphatic hydroxyl groups excluding tert-OH is 2. The second-order valence-corrected chi connectivity index (χ2v) is 6.39. The molecule has 2 aliphatic carbocycles. The maximum atomic E-state index is 11.7. The van der Waals surface area contributed by atoms with Crippen LogP contribution in [0.15, 0.2) is 24.3 Å². The maximum Gasteiger partial charge on any atom is 0.334 e. The third kappa shape index (κ3) is 1.56. The first-order valence-electron chi connectivity index (χ1n) is 6.80. The minimum atomic E-state index is -0.689. The van der Waals surface area contributed by atoms with E-state index in [4.69, 9.17) is 4.74 Å². The SMILES string of the molecule is C=C1C(=O)O[C@H]2C1[C@@H](O)CC1(C)C2C(=C)CC[C@H]1O. The lowest BCUT2D eigenvalue weighted by Crippen LogP contribution is -2.57. The Balaban J connectivity index is 2.05. The molecule has 2 saturated carbocycles. The van der Waals surface area contributed by atoms with E-state index < -0.39 is 29.7 Å². The largest absolute Gasteiger partial charge is 0.458 e. The summed E-state index contributed by atoms with van der Waals surface area (Å²) in [6, 6.07) is 0. The summed E-state index contributed by atoms with van der Waals surface area (Å²) >= 11 is 0. The Hall–Kier alpha value is -1.13. The van der Waals surface area contributed by atoms with E-state index in [1.165, 1.54) is 0 Å². The lowest BCUT2D eigenvalue weighted by Gasteiger charge is -2.54. The van der Waals surface area contributed by atoms with Crippen LogP contribution in [0.25, 0.3) is 0 Å². The number of ether oxygens (including phenoxy) is 1. The highest BCUT2D eigenvalue weighted by molar-refractivity contribution is 5.91. The van der Waals surface area contributed by atoms with Crippen LogP contribution in [0, 0.1) is 17.3 Å². The molecule has 0 aromatic rings. The van der Waals surface area contributed by atoms with E-state index in [1.54, 1.807) is 0 Å². The summed E-state index contributed by atoms with van der Waals surface area (Å²) in [6.45, 7) is 9.81. The lowest BCUT2D eigenvalue weighted by molar-refractivity contribution is -0.161. The monoisotopic (exact) mass is 264 g/mol. The Labute approximate surface area is 112 Å². The standard InChI is InChI=1S/C15H20O4/c1-7-4-5-10(17)15(3)6-9(16)11-8(2)14(18)19-13(11)12(7)15/h9-13,16-17H,1-2,4-6H2,3H3/t9-,10+,11?,12?,13-,15?/m0/s1. The van der Waals surface area contributed by atoms with Crippen molar-refractivity contribution in [3.63, 3.8) is 0 Å². The fourth-order valence-corrected chi connectivity index (χ4v) is 4.26. The molecule has 3 aliphatic rings. The zero-order valence-electron chi connectivity index (χ0n) is 11.1. The normalized spacial score (nSPS) is 49.6. The molecule has 19 heavy (non-hydrogen) atoms. The first kappa shape index (κ1) is 12.9. The molecule has 3 fully saturated rings. The van der Waals surface area contributed by atoms with Gasteiger partial charge in [-0.3, -0.25) is 0 Å². The molecule has 1 saturated heterocycles. The van der Waals surface area contributed by atoms with E-state index in [2.05, 4.69) is 13.2 Å². The number of hydrogen-bond donors (Lipinski definition) is 2. The minimum Gasteiger partial charge on any atom is -0.458 e. The minimum absolute atomic E-state index is 0.0900. The van der Waals surface area contributed by atoms with Crippen LogP contribution >= 0.6 is 0 Å². The van der Waals surface area contributed by atoms with Gasteiger partial charge < -0.3 is 14.9 Å². The van der Waals surface area contributed by atoms with Gasteiger partial charge in [0.05, 0.1) is 18.1 Å². The Morgan fingerprint density at radius 2 is 2.05 bits per heavy atom. The number of aliphatic hydroxyl groups is 2. The molecule has 104 valence electrons. The fraction of sp³-hybridized carbons (Fsp3) is 0.667. The van der Waals surface area contributed by atoms with Crippen molar-refractivity contribution in [2.75, 3.05) is 0 Å². The molecule has 0 radical (unpaired) electrons. The van der Waals surface area contributed by atoms with Crippen molar-refractivity contribution < 1.29 is 19.7 Å². The topological polar surface area (TPSA) is 66.8 Å². The number of rotatable bonds is 0. The molecule has 1 aliphatic heterocycles. The van der Waals surface area contributed by atoms with E-state index in [1.807, 2.05) is 6.92 Å². The molecule has 0 bridgehead atoms. The highest BCUT2D eigenvalue weighted by Crippen LogP contribution is 2.57. The molecule has 4 nitrogen and oxygen atoms in total. The third-order valence-electron chi connectivity index (χ3n) is 5.30. The van der Waals surface area contributed by atoms with Gasteiger partial charge in [-0.25, -0.2) is 4.79 Å². The predicted molar refractivity (Wildman–Crippen MR) is 69.1 cm³/mol. The van der Waals surface area contributed by atoms with E-state index in [9.17, 15) is 15.0 Å². The number of carbonyl (C=O) groups is 1. The van der Waals surface area contributed by atoms with Gasteiger partial charge in [-0.05, 0) is 19.3 Å². The van der Waals surface area contributed by atoms with Crippen LogP contribution in [-0.2, 0) is 9.53 Å². The summed E-state index contributed by atoms with van der Waals surface area (Å²) in [5, 5.41) is 20.7. The molecule has 3 rings (SSSR count). The number of hydrogen-bond acceptors (Lipinski definition) is 4. The quantitative estimate of drug-likeness (QED) is 0.392. The molecule has 1 heterocycles. The van der Waals surface area contributed by atoms with Gasteiger partial charge in [0.25, 0.3) is 0 Å². The van der Waals surface area contributed by atoms with E-state index in [0.29, 0.717) is 18.4 Å². The fourth-order valence-electron chi connectivity index (χ4n) is 4.26. The average Bonchev–Trinajstić information content (AvgIpc) is 2.61. The highest BCUT2D eigenvalue weighted by atomic mass is 16.6. The van der Waals surface area contributed by atoms with Crippen molar-refractivity contribution in [3.05, 3.63) is 24.3 Å². The second kappa shape index (κ2) is 3.93. The zero-order valence-corrected chi connectivity index (χ0v) is 11.1. The number of fused-ring (bicyclic) bond motifs is 3. The average molecular weight is 264 g/mol. The lowest BCUT2D eigenvalue weighted by atomic mass is 9.53. The molecule has 0 aromatic heterocycles. The molecular formula is C15H20O4. The first-order chi connectivity index (χ1) is 8.86. The Morgan fingerprint density at radius 3 is 2.74 bits per heavy atom. The van der Waals surface area contributed by atoms with Gasteiger partial charge in [0.1, 0.15) is 6.10 Å². The van der Waals surface area contributed by atoms with Crippen LogP contribution in [0.4, 0.5) is 0 Å². The van der Waals surface area contributed by atoms with Crippen molar-refractivity contribution in [2.24, 2.45) is 17.3 Å². The third-order valence-corrected chi connectivity index (χ3v) is 5.30. The van der Waals surface area contributed by atoms with Gasteiger partial charge >= 0.3 is 5.97 Å². The van der Waals surface area contributed by atoms with Crippen LogP contribution in [0.5, 0.6) is 0 Å². The van der Waals surface area contributed by atoms with Crippen LogP contribution < -0.4 is 0 Å². The van der Waals surface area contributed by atoms with Crippen LogP contribution in [-0.4, -0.2) is 34.5 Å². The van der Waals surface area contributed by atoms with Crippen molar-refractivity contribution in [3.8, 4) is 0 Å². The molecule has 4 heteroatoms. The van der Waals surface area contributed by atoms with Crippen LogP contribution in [0.1, 0.15) is 26.2 Å². The Kier molecular flexibility index (Phi) is 2.67. The second-order valence-electron chi connectivity index (χ2n) is 6.39. The van der Waals surface area contributed by atoms with Gasteiger partial charge in [0.2, 0.25) is 0 Å². The van der Waals surface area contributed by atoms with Gasteiger partial charge in [-0.2, -0.15) is 0 Å². The van der Waals surface area contributed by atoms with Gasteiger partial charge in [0, 0.05) is 16.9 Å². The predicted octanol–water partition coefficient (Wildman–Crippen LogP) is 1.18. The number of esters is 1. The number of carbonyl (C=O) groups excluding carboxylic acids is 1. The van der Waals surface area contributed by atoms with Gasteiger partial charge in [-0.1, -0.05) is 25.7 Å². The maximum absolute atomic E-state index is 11.7. The van der Waals surface area contributed by atoms with Crippen molar-refractivity contribution in [1.29, 1.82) is 0 Å². The Bertz CT molecular complexity index is 469. The van der Waals surface area contributed by atoms with E-state index >= 15 is 0 Å². The van der Waals surface area contributed by atoms with E-state index in [-0.39, 0.29) is 11.8 Å². The molecular weight excluding hydrogens is 244 g/mol. The van der Waals surface area contributed by atoms with Crippen molar-refractivity contribution in [2.45, 2.75) is 44.5 Å². The van der Waals surface area contributed by atoms with Gasteiger partial charge in [-0.15, -0.1) is 0 Å². The summed E-state index contributed by atoms with van der Waals surface area (Å²) in [5.41, 5.74) is 0.894. The summed E-state index contributed by atoms with van der Waals surface area (Å²) in [4.78, 5) is 11.7.